The molecule has 108 valence electrons. The molecule has 0 spiro atoms. The molecular formula is C10H14F3N3O3. The van der Waals surface area contributed by atoms with E-state index in [0.29, 0.717) is 0 Å². The van der Waals surface area contributed by atoms with Crippen LogP contribution in [0.4, 0.5) is 18.9 Å². The molecule has 0 amide bonds. The van der Waals surface area contributed by atoms with Gasteiger partial charge in [-0.15, -0.1) is 0 Å². The Morgan fingerprint density at radius 1 is 1.53 bits per heavy atom. The van der Waals surface area contributed by atoms with Gasteiger partial charge in [-0.3, -0.25) is 4.68 Å². The predicted octanol–water partition coefficient (Wildman–Crippen LogP) is 1.22. The lowest BCUT2D eigenvalue weighted by Crippen LogP contribution is -2.19. The highest BCUT2D eigenvalue weighted by Gasteiger charge is 2.27. The van der Waals surface area contributed by atoms with E-state index in [1.165, 1.54) is 10.9 Å². The minimum absolute atomic E-state index is 0.0552. The first kappa shape index (κ1) is 15.3. The lowest BCUT2D eigenvalue weighted by molar-refractivity contribution is -0.174. The van der Waals surface area contributed by atoms with Crippen molar-refractivity contribution in [3.63, 3.8) is 0 Å². The molecule has 0 bridgehead atoms. The smallest absolute Gasteiger partial charge is 0.411 e. The molecule has 0 aliphatic carbocycles. The van der Waals surface area contributed by atoms with Crippen LogP contribution in [0.3, 0.4) is 0 Å². The Labute approximate surface area is 107 Å². The van der Waals surface area contributed by atoms with Crippen molar-refractivity contribution in [1.82, 2.24) is 9.78 Å². The van der Waals surface area contributed by atoms with E-state index in [2.05, 4.69) is 9.84 Å². The molecule has 0 fully saturated rings. The molecule has 2 N–H and O–H groups in total. The molecule has 1 heterocycles. The molecule has 0 unspecified atom stereocenters. The first-order valence-corrected chi connectivity index (χ1v) is 5.48. The number of hydrogen-bond donors (Lipinski definition) is 1. The van der Waals surface area contributed by atoms with Crippen molar-refractivity contribution < 1.29 is 27.4 Å². The third-order valence-electron chi connectivity index (χ3n) is 1.99. The van der Waals surface area contributed by atoms with Gasteiger partial charge in [0.1, 0.15) is 6.61 Å². The van der Waals surface area contributed by atoms with Crippen molar-refractivity contribution in [2.75, 3.05) is 25.6 Å². The molecule has 0 aliphatic rings. The second kappa shape index (κ2) is 6.41. The second-order valence-corrected chi connectivity index (χ2v) is 3.58. The van der Waals surface area contributed by atoms with E-state index in [1.54, 1.807) is 6.92 Å². The van der Waals surface area contributed by atoms with Crippen LogP contribution in [0.5, 0.6) is 0 Å². The molecule has 6 nitrogen and oxygen atoms in total. The standard InChI is InChI=1S/C10H14F3N3O3/c1-2-19-9(17)8-7(14)5-16(15-8)3-4-18-6-10(11,12)13/h5H,2-4,6,14H2,1H3. The lowest BCUT2D eigenvalue weighted by Gasteiger charge is -2.07. The zero-order valence-electron chi connectivity index (χ0n) is 10.2. The van der Waals surface area contributed by atoms with Gasteiger partial charge >= 0.3 is 12.1 Å². The molecule has 0 atom stereocenters. The molecule has 0 aliphatic heterocycles. The van der Waals surface area contributed by atoms with Gasteiger partial charge < -0.3 is 15.2 Å². The zero-order valence-corrected chi connectivity index (χ0v) is 10.2. The van der Waals surface area contributed by atoms with Crippen molar-refractivity contribution >= 4 is 11.7 Å². The minimum Gasteiger partial charge on any atom is -0.461 e. The van der Waals surface area contributed by atoms with Crippen LogP contribution < -0.4 is 5.73 Å². The summed E-state index contributed by atoms with van der Waals surface area (Å²) in [6.07, 6.45) is -3.03. The van der Waals surface area contributed by atoms with E-state index in [1.807, 2.05) is 0 Å². The maximum absolute atomic E-state index is 11.8. The Morgan fingerprint density at radius 3 is 2.79 bits per heavy atom. The van der Waals surface area contributed by atoms with Gasteiger partial charge in [0.25, 0.3) is 0 Å². The van der Waals surface area contributed by atoms with Gasteiger partial charge in [-0.25, -0.2) is 4.79 Å². The Kier molecular flexibility index (Phi) is 5.16. The van der Waals surface area contributed by atoms with Crippen LogP contribution in [-0.2, 0) is 16.0 Å². The van der Waals surface area contributed by atoms with E-state index < -0.39 is 18.8 Å². The van der Waals surface area contributed by atoms with Crippen LogP contribution in [-0.4, -0.2) is 41.7 Å². The summed E-state index contributed by atoms with van der Waals surface area (Å²) >= 11 is 0. The number of nitrogen functional groups attached to an aromatic ring is 1. The Morgan fingerprint density at radius 2 is 2.21 bits per heavy atom. The fourth-order valence-electron chi connectivity index (χ4n) is 1.26. The Bertz CT molecular complexity index is 431. The molecule has 19 heavy (non-hydrogen) atoms. The number of alkyl halides is 3. The molecule has 0 saturated carbocycles. The average molecular weight is 281 g/mol. The Hall–Kier alpha value is -1.77. The third-order valence-corrected chi connectivity index (χ3v) is 1.99. The van der Waals surface area contributed by atoms with Gasteiger partial charge in [-0.2, -0.15) is 18.3 Å². The molecule has 0 aromatic carbocycles. The zero-order chi connectivity index (χ0) is 14.5. The van der Waals surface area contributed by atoms with Gasteiger partial charge in [0.2, 0.25) is 0 Å². The fourth-order valence-corrected chi connectivity index (χ4v) is 1.26. The van der Waals surface area contributed by atoms with Crippen molar-refractivity contribution in [2.45, 2.75) is 19.6 Å². The average Bonchev–Trinajstić information content (AvgIpc) is 2.65. The van der Waals surface area contributed by atoms with E-state index in [0.717, 1.165) is 0 Å². The molecule has 1 aromatic rings. The molecule has 9 heteroatoms. The summed E-state index contributed by atoms with van der Waals surface area (Å²) in [4.78, 5) is 11.4. The summed E-state index contributed by atoms with van der Waals surface area (Å²) in [7, 11) is 0. The van der Waals surface area contributed by atoms with E-state index in [-0.39, 0.29) is 31.1 Å². The third kappa shape index (κ3) is 5.16. The molecule has 1 rings (SSSR count). The van der Waals surface area contributed by atoms with Crippen LogP contribution >= 0.6 is 0 Å². The summed E-state index contributed by atoms with van der Waals surface area (Å²) in [5.41, 5.74) is 5.59. The quantitative estimate of drug-likeness (QED) is 0.626. The van der Waals surface area contributed by atoms with Gasteiger partial charge in [0.05, 0.1) is 25.4 Å². The number of carbonyl (C=O) groups excluding carboxylic acids is 1. The fraction of sp³-hybridized carbons (Fsp3) is 0.600. The van der Waals surface area contributed by atoms with E-state index >= 15 is 0 Å². The lowest BCUT2D eigenvalue weighted by atomic mass is 10.4. The van der Waals surface area contributed by atoms with Crippen LogP contribution in [0.15, 0.2) is 6.20 Å². The van der Waals surface area contributed by atoms with Crippen LogP contribution in [0.25, 0.3) is 0 Å². The number of anilines is 1. The first-order chi connectivity index (χ1) is 8.83. The number of nitrogens with two attached hydrogens (primary N) is 1. The normalized spacial score (nSPS) is 11.6. The topological polar surface area (TPSA) is 79.4 Å². The number of nitrogens with zero attached hydrogens (tertiary/aromatic N) is 2. The highest BCUT2D eigenvalue weighted by atomic mass is 19.4. The van der Waals surface area contributed by atoms with Gasteiger partial charge in [-0.1, -0.05) is 0 Å². The summed E-state index contributed by atoms with van der Waals surface area (Å²) < 4.78 is 45.8. The number of hydrogen-bond acceptors (Lipinski definition) is 5. The van der Waals surface area contributed by atoms with Crippen LogP contribution in [0.1, 0.15) is 17.4 Å². The molecule has 0 radical (unpaired) electrons. The monoisotopic (exact) mass is 281 g/mol. The van der Waals surface area contributed by atoms with Crippen LogP contribution in [0.2, 0.25) is 0 Å². The van der Waals surface area contributed by atoms with E-state index in [9.17, 15) is 18.0 Å². The number of ether oxygens (including phenoxy) is 2. The summed E-state index contributed by atoms with van der Waals surface area (Å²) in [6, 6.07) is 0. The molecule has 1 aromatic heterocycles. The number of halogens is 3. The number of aromatic nitrogens is 2. The first-order valence-electron chi connectivity index (χ1n) is 5.48. The van der Waals surface area contributed by atoms with Gasteiger partial charge in [0, 0.05) is 6.20 Å². The highest BCUT2D eigenvalue weighted by Crippen LogP contribution is 2.14. The Balaban J connectivity index is 2.48. The number of rotatable bonds is 6. The number of esters is 1. The summed E-state index contributed by atoms with van der Waals surface area (Å²) in [5, 5.41) is 3.82. The maximum atomic E-state index is 11.8. The van der Waals surface area contributed by atoms with Gasteiger partial charge in [0.15, 0.2) is 5.69 Å². The van der Waals surface area contributed by atoms with Crippen molar-refractivity contribution in [1.29, 1.82) is 0 Å². The number of carbonyl (C=O) groups is 1. The van der Waals surface area contributed by atoms with Crippen molar-refractivity contribution in [3.8, 4) is 0 Å². The van der Waals surface area contributed by atoms with Crippen molar-refractivity contribution in [2.24, 2.45) is 0 Å². The van der Waals surface area contributed by atoms with Crippen molar-refractivity contribution in [3.05, 3.63) is 11.9 Å². The van der Waals surface area contributed by atoms with Crippen LogP contribution in [0, 0.1) is 0 Å². The molecular weight excluding hydrogens is 267 g/mol. The van der Waals surface area contributed by atoms with E-state index in [4.69, 9.17) is 10.5 Å². The summed E-state index contributed by atoms with van der Waals surface area (Å²) in [6.45, 7) is 0.354. The minimum atomic E-state index is -4.36. The van der Waals surface area contributed by atoms with Gasteiger partial charge in [-0.05, 0) is 6.92 Å². The highest BCUT2D eigenvalue weighted by molar-refractivity contribution is 5.92. The largest absolute Gasteiger partial charge is 0.461 e. The summed E-state index contributed by atoms with van der Waals surface area (Å²) in [5.74, 6) is -0.671. The maximum Gasteiger partial charge on any atom is 0.411 e. The predicted molar refractivity (Wildman–Crippen MR) is 59.5 cm³/mol. The SMILES string of the molecule is CCOC(=O)c1nn(CCOCC(F)(F)F)cc1N. The molecule has 0 saturated heterocycles. The second-order valence-electron chi connectivity index (χ2n) is 3.58.